The van der Waals surface area contributed by atoms with Gasteiger partial charge in [0.15, 0.2) is 0 Å². The molecule has 4 heterocycles. The van der Waals surface area contributed by atoms with Crippen LogP contribution in [0, 0.1) is 6.92 Å². The quantitative estimate of drug-likeness (QED) is 0.161. The Morgan fingerprint density at radius 2 is 1.88 bits per heavy atom. The maximum atomic E-state index is 4.70. The van der Waals surface area contributed by atoms with E-state index in [-0.39, 0.29) is 0 Å². The maximum Gasteiger partial charge on any atom is 0.116 e. The summed E-state index contributed by atoms with van der Waals surface area (Å²) >= 11 is 1.78. The number of hydrogen-bond donors (Lipinski definition) is 3. The first-order chi connectivity index (χ1) is 19.6. The van der Waals surface area contributed by atoms with Crippen LogP contribution in [0.2, 0.25) is 0 Å². The number of nitrogens with zero attached hydrogens (tertiary/aromatic N) is 2. The van der Waals surface area contributed by atoms with Crippen molar-refractivity contribution in [1.29, 1.82) is 0 Å². The minimum Gasteiger partial charge on any atom is -0.352 e. The fraction of sp³-hybridized carbons (Fsp3) is 0.118. The predicted octanol–water partition coefficient (Wildman–Crippen LogP) is 8.45. The lowest BCUT2D eigenvalue weighted by Crippen LogP contribution is -2.15. The Balaban J connectivity index is 1.30. The Bertz CT molecular complexity index is 1870. The van der Waals surface area contributed by atoms with Gasteiger partial charge in [0, 0.05) is 45.4 Å². The van der Waals surface area contributed by atoms with Gasteiger partial charge < -0.3 is 10.3 Å². The number of aromatic amines is 2. The number of hydrogen-bond acceptors (Lipinski definition) is 4. The number of aryl methyl sites for hydroxylation is 1. The lowest BCUT2D eigenvalue weighted by Gasteiger charge is -2.09. The van der Waals surface area contributed by atoms with Gasteiger partial charge in [0.2, 0.25) is 0 Å². The fourth-order valence-electron chi connectivity index (χ4n) is 5.02. The first-order valence-electron chi connectivity index (χ1n) is 13.4. The SMILES string of the molecule is C=C/C(=C\C(=C/C)c1ccc2[nH]nc(-c3cc4c(-c5ccc(C)s5)cncc4[nH]3)c2c1)CNCc1ccccc1. The van der Waals surface area contributed by atoms with Crippen LogP contribution < -0.4 is 5.32 Å². The summed E-state index contributed by atoms with van der Waals surface area (Å²) in [5.74, 6) is 0. The Hall–Kier alpha value is -4.52. The van der Waals surface area contributed by atoms with Gasteiger partial charge in [-0.25, -0.2) is 0 Å². The average molecular weight is 542 g/mol. The first kappa shape index (κ1) is 25.7. The summed E-state index contributed by atoms with van der Waals surface area (Å²) in [6.07, 6.45) is 10.1. The Morgan fingerprint density at radius 1 is 1.00 bits per heavy atom. The van der Waals surface area contributed by atoms with E-state index in [4.69, 9.17) is 5.10 Å². The number of rotatable bonds is 9. The smallest absolute Gasteiger partial charge is 0.116 e. The molecule has 0 saturated heterocycles. The summed E-state index contributed by atoms with van der Waals surface area (Å²) in [4.78, 5) is 10.6. The van der Waals surface area contributed by atoms with Gasteiger partial charge in [0.1, 0.15) is 5.69 Å². The average Bonchev–Trinajstić information content (AvgIpc) is 3.72. The number of thiophene rings is 1. The molecule has 0 radical (unpaired) electrons. The Morgan fingerprint density at radius 3 is 2.65 bits per heavy atom. The molecule has 4 aromatic heterocycles. The van der Waals surface area contributed by atoms with Crippen LogP contribution in [-0.4, -0.2) is 26.7 Å². The highest BCUT2D eigenvalue weighted by Gasteiger charge is 2.15. The molecule has 0 spiro atoms. The molecule has 0 aliphatic heterocycles. The molecule has 0 amide bonds. The van der Waals surface area contributed by atoms with Crippen LogP contribution in [0.15, 0.2) is 110 Å². The summed E-state index contributed by atoms with van der Waals surface area (Å²) in [5, 5.41) is 13.7. The van der Waals surface area contributed by atoms with Crippen LogP contribution in [-0.2, 0) is 6.54 Å². The van der Waals surface area contributed by atoms with Crippen LogP contribution in [0.3, 0.4) is 0 Å². The normalized spacial score (nSPS) is 12.4. The molecule has 0 atom stereocenters. The Kier molecular flexibility index (Phi) is 7.27. The van der Waals surface area contributed by atoms with Gasteiger partial charge in [-0.1, -0.05) is 61.2 Å². The summed E-state index contributed by atoms with van der Waals surface area (Å²) in [7, 11) is 0. The molecule has 40 heavy (non-hydrogen) atoms. The van der Waals surface area contributed by atoms with Crippen LogP contribution in [0.5, 0.6) is 0 Å². The zero-order valence-corrected chi connectivity index (χ0v) is 23.5. The highest BCUT2D eigenvalue weighted by molar-refractivity contribution is 7.15. The lowest BCUT2D eigenvalue weighted by atomic mass is 10.00. The third-order valence-electron chi connectivity index (χ3n) is 7.12. The van der Waals surface area contributed by atoms with Gasteiger partial charge in [0.05, 0.1) is 22.9 Å². The molecule has 6 rings (SSSR count). The van der Waals surface area contributed by atoms with Gasteiger partial charge in [0.25, 0.3) is 0 Å². The van der Waals surface area contributed by atoms with Crippen molar-refractivity contribution >= 4 is 38.7 Å². The number of fused-ring (bicyclic) bond motifs is 2. The van der Waals surface area contributed by atoms with Crippen molar-refractivity contribution < 1.29 is 0 Å². The van der Waals surface area contributed by atoms with Crippen molar-refractivity contribution in [2.45, 2.75) is 20.4 Å². The van der Waals surface area contributed by atoms with E-state index < -0.39 is 0 Å². The van der Waals surface area contributed by atoms with Crippen molar-refractivity contribution in [3.8, 4) is 21.8 Å². The molecule has 0 saturated carbocycles. The first-order valence-corrected chi connectivity index (χ1v) is 14.2. The van der Waals surface area contributed by atoms with E-state index in [1.807, 2.05) is 24.5 Å². The second-order valence-corrected chi connectivity index (χ2v) is 11.1. The van der Waals surface area contributed by atoms with Gasteiger partial charge in [-0.2, -0.15) is 5.10 Å². The highest BCUT2D eigenvalue weighted by atomic mass is 32.1. The number of aromatic nitrogens is 4. The number of benzene rings is 2. The van der Waals surface area contributed by atoms with Crippen molar-refractivity contribution in [3.63, 3.8) is 0 Å². The monoisotopic (exact) mass is 541 g/mol. The minimum absolute atomic E-state index is 0.740. The van der Waals surface area contributed by atoms with E-state index in [0.717, 1.165) is 68.6 Å². The molecule has 0 aliphatic carbocycles. The largest absolute Gasteiger partial charge is 0.352 e. The van der Waals surface area contributed by atoms with E-state index in [0.29, 0.717) is 0 Å². The number of H-pyrrole nitrogens is 2. The second-order valence-electron chi connectivity index (χ2n) is 9.83. The van der Waals surface area contributed by atoms with Gasteiger partial charge in [-0.15, -0.1) is 11.3 Å². The lowest BCUT2D eigenvalue weighted by molar-refractivity contribution is 0.747. The van der Waals surface area contributed by atoms with E-state index in [2.05, 4.69) is 114 Å². The Labute approximate surface area is 238 Å². The number of pyridine rings is 1. The molecule has 0 bridgehead atoms. The van der Waals surface area contributed by atoms with Crippen molar-refractivity contribution in [3.05, 3.63) is 126 Å². The van der Waals surface area contributed by atoms with E-state index in [1.54, 1.807) is 11.3 Å². The molecular formula is C34H31N5S. The van der Waals surface area contributed by atoms with E-state index in [1.165, 1.54) is 15.3 Å². The minimum atomic E-state index is 0.740. The third kappa shape index (κ3) is 5.19. The van der Waals surface area contributed by atoms with Crippen LogP contribution in [0.1, 0.15) is 22.9 Å². The zero-order valence-electron chi connectivity index (χ0n) is 22.7. The van der Waals surface area contributed by atoms with Crippen LogP contribution in [0.4, 0.5) is 0 Å². The molecule has 0 fully saturated rings. The molecule has 0 unspecified atom stereocenters. The van der Waals surface area contributed by atoms with Crippen LogP contribution in [0.25, 0.3) is 49.2 Å². The number of nitrogens with one attached hydrogen (secondary N) is 3. The molecule has 0 aliphatic rings. The maximum absolute atomic E-state index is 4.70. The second kappa shape index (κ2) is 11.3. The van der Waals surface area contributed by atoms with Crippen molar-refractivity contribution in [1.82, 2.24) is 25.5 Å². The van der Waals surface area contributed by atoms with Gasteiger partial charge >= 0.3 is 0 Å². The van der Waals surface area contributed by atoms with Crippen LogP contribution >= 0.6 is 11.3 Å². The molecule has 6 heteroatoms. The highest BCUT2D eigenvalue weighted by Crippen LogP contribution is 2.36. The standard InChI is InChI=1S/C34H31N5S/c1-4-23(18-35-19-24-9-7-6-8-10-24)15-25(5-2)26-12-13-30-28(16-26)34(39-38-30)31-17-27-29(20-36-21-32(27)37-31)33-14-11-22(3)40-33/h4-17,20-21,35,37H,1,18-19H2,2-3H3,(H,38,39)/b23-15+,25-5+. The summed E-state index contributed by atoms with van der Waals surface area (Å²) in [6.45, 7) is 9.81. The van der Waals surface area contributed by atoms with E-state index in [9.17, 15) is 0 Å². The molecular weight excluding hydrogens is 510 g/mol. The summed E-state index contributed by atoms with van der Waals surface area (Å²) in [6, 6.07) is 23.4. The van der Waals surface area contributed by atoms with Crippen molar-refractivity contribution in [2.75, 3.05) is 6.54 Å². The van der Waals surface area contributed by atoms with E-state index >= 15 is 0 Å². The number of allylic oxidation sites excluding steroid dienone is 3. The third-order valence-corrected chi connectivity index (χ3v) is 8.15. The summed E-state index contributed by atoms with van der Waals surface area (Å²) < 4.78 is 0. The van der Waals surface area contributed by atoms with Crippen molar-refractivity contribution in [2.24, 2.45) is 0 Å². The molecule has 5 nitrogen and oxygen atoms in total. The van der Waals surface area contributed by atoms with Gasteiger partial charge in [-0.05, 0) is 66.5 Å². The fourth-order valence-corrected chi connectivity index (χ4v) is 5.91. The molecule has 198 valence electrons. The molecule has 6 aromatic rings. The molecule has 3 N–H and O–H groups in total. The summed E-state index contributed by atoms with van der Waals surface area (Å²) in [5.41, 5.74) is 9.67. The molecule has 2 aromatic carbocycles. The predicted molar refractivity (Wildman–Crippen MR) is 169 cm³/mol. The topological polar surface area (TPSA) is 69.4 Å². The zero-order chi connectivity index (χ0) is 27.5. The van der Waals surface area contributed by atoms with Gasteiger partial charge in [-0.3, -0.25) is 10.1 Å².